The highest BCUT2D eigenvalue weighted by molar-refractivity contribution is 6.07. The van der Waals surface area contributed by atoms with Crippen molar-refractivity contribution in [3.8, 4) is 0 Å². The van der Waals surface area contributed by atoms with Gasteiger partial charge in [0, 0.05) is 13.1 Å². The van der Waals surface area contributed by atoms with Crippen molar-refractivity contribution >= 4 is 23.3 Å². The number of hydrogen-bond donors (Lipinski definition) is 2. The van der Waals surface area contributed by atoms with Gasteiger partial charge in [0.1, 0.15) is 5.82 Å². The second-order valence-corrected chi connectivity index (χ2v) is 5.57. The summed E-state index contributed by atoms with van der Waals surface area (Å²) in [6.07, 6.45) is 0. The van der Waals surface area contributed by atoms with E-state index >= 15 is 0 Å². The van der Waals surface area contributed by atoms with Gasteiger partial charge in [0.25, 0.3) is 5.91 Å². The van der Waals surface area contributed by atoms with Crippen LogP contribution in [0, 0.1) is 5.82 Å². The maximum Gasteiger partial charge on any atom is 0.335 e. The smallest absolute Gasteiger partial charge is 0.335 e. The molecular formula is C18H17FN2O4. The Hall–Kier alpha value is -2.93. The molecule has 6 nitrogen and oxygen atoms in total. The molecule has 0 radical (unpaired) electrons. The number of hydrogen-bond acceptors (Lipinski definition) is 4. The van der Waals surface area contributed by atoms with E-state index < -0.39 is 17.7 Å². The number of rotatable bonds is 4. The van der Waals surface area contributed by atoms with Gasteiger partial charge in [-0.05, 0) is 30.3 Å². The number of aromatic carboxylic acids is 1. The third kappa shape index (κ3) is 3.77. The van der Waals surface area contributed by atoms with E-state index in [4.69, 9.17) is 4.74 Å². The first-order valence-electron chi connectivity index (χ1n) is 7.82. The zero-order chi connectivity index (χ0) is 17.8. The Morgan fingerprint density at radius 2 is 1.84 bits per heavy atom. The summed E-state index contributed by atoms with van der Waals surface area (Å²) in [6, 6.07) is 10.1. The highest BCUT2D eigenvalue weighted by atomic mass is 19.1. The molecule has 0 aliphatic carbocycles. The molecule has 1 amide bonds. The van der Waals surface area contributed by atoms with Crippen molar-refractivity contribution in [3.63, 3.8) is 0 Å². The van der Waals surface area contributed by atoms with Crippen molar-refractivity contribution in [3.05, 3.63) is 59.4 Å². The average Bonchev–Trinajstić information content (AvgIpc) is 2.62. The van der Waals surface area contributed by atoms with E-state index in [0.717, 1.165) is 0 Å². The molecular weight excluding hydrogens is 327 g/mol. The second kappa shape index (κ2) is 7.31. The largest absolute Gasteiger partial charge is 0.478 e. The van der Waals surface area contributed by atoms with Crippen LogP contribution in [0.5, 0.6) is 0 Å². The number of morpholine rings is 1. The summed E-state index contributed by atoms with van der Waals surface area (Å²) in [7, 11) is 0. The molecule has 0 aromatic heterocycles. The number of carbonyl (C=O) groups is 2. The maximum absolute atomic E-state index is 13.8. The predicted octanol–water partition coefficient (Wildman–Crippen LogP) is 2.61. The van der Waals surface area contributed by atoms with E-state index in [1.54, 1.807) is 12.1 Å². The SMILES string of the molecule is O=C(O)c1ccc(N2CCOCC2)c(NC(=O)c2ccccc2F)c1. The summed E-state index contributed by atoms with van der Waals surface area (Å²) in [6.45, 7) is 2.33. The van der Waals surface area contributed by atoms with Crippen LogP contribution in [0.15, 0.2) is 42.5 Å². The molecule has 3 rings (SSSR count). The van der Waals surface area contributed by atoms with Crippen molar-refractivity contribution < 1.29 is 23.8 Å². The van der Waals surface area contributed by atoms with Gasteiger partial charge in [0.15, 0.2) is 0 Å². The third-order valence-electron chi connectivity index (χ3n) is 3.96. The van der Waals surface area contributed by atoms with Gasteiger partial charge >= 0.3 is 5.97 Å². The van der Waals surface area contributed by atoms with Crippen molar-refractivity contribution in [2.24, 2.45) is 0 Å². The Morgan fingerprint density at radius 3 is 2.52 bits per heavy atom. The lowest BCUT2D eigenvalue weighted by molar-refractivity contribution is 0.0696. The van der Waals surface area contributed by atoms with Crippen molar-refractivity contribution in [1.82, 2.24) is 0 Å². The second-order valence-electron chi connectivity index (χ2n) is 5.57. The van der Waals surface area contributed by atoms with E-state index in [2.05, 4.69) is 5.32 Å². The lowest BCUT2D eigenvalue weighted by atomic mass is 10.1. The van der Waals surface area contributed by atoms with Crippen molar-refractivity contribution in [2.75, 3.05) is 36.5 Å². The molecule has 0 spiro atoms. The van der Waals surface area contributed by atoms with Gasteiger partial charge in [-0.15, -0.1) is 0 Å². The Kier molecular flexibility index (Phi) is 4.95. The van der Waals surface area contributed by atoms with Crippen LogP contribution in [-0.2, 0) is 4.74 Å². The monoisotopic (exact) mass is 344 g/mol. The molecule has 2 aromatic carbocycles. The minimum absolute atomic E-state index is 0.0424. The fraction of sp³-hybridized carbons (Fsp3) is 0.222. The zero-order valence-corrected chi connectivity index (χ0v) is 13.4. The molecule has 1 aliphatic heterocycles. The Bertz CT molecular complexity index is 803. The summed E-state index contributed by atoms with van der Waals surface area (Å²) in [4.78, 5) is 25.6. The summed E-state index contributed by atoms with van der Waals surface area (Å²) >= 11 is 0. The van der Waals surface area contributed by atoms with Gasteiger partial charge in [-0.1, -0.05) is 12.1 Å². The standard InChI is InChI=1S/C18H17FN2O4/c19-14-4-2-1-3-13(14)17(22)20-15-11-12(18(23)24)5-6-16(15)21-7-9-25-10-8-21/h1-6,11H,7-10H2,(H,20,22)(H,23,24). The summed E-state index contributed by atoms with van der Waals surface area (Å²) < 4.78 is 19.1. The molecule has 0 bridgehead atoms. The number of ether oxygens (including phenoxy) is 1. The van der Waals surface area contributed by atoms with Crippen LogP contribution < -0.4 is 10.2 Å². The van der Waals surface area contributed by atoms with Crippen LogP contribution in [0.1, 0.15) is 20.7 Å². The Balaban J connectivity index is 1.94. The van der Waals surface area contributed by atoms with Crippen LogP contribution in [0.2, 0.25) is 0 Å². The molecule has 1 heterocycles. The predicted molar refractivity (Wildman–Crippen MR) is 90.8 cm³/mol. The van der Waals surface area contributed by atoms with E-state index in [9.17, 15) is 19.1 Å². The molecule has 2 N–H and O–H groups in total. The molecule has 7 heteroatoms. The first-order chi connectivity index (χ1) is 12.1. The highest BCUT2D eigenvalue weighted by Crippen LogP contribution is 2.29. The topological polar surface area (TPSA) is 78.9 Å². The van der Waals surface area contributed by atoms with Crippen molar-refractivity contribution in [2.45, 2.75) is 0 Å². The van der Waals surface area contributed by atoms with Crippen LogP contribution in [-0.4, -0.2) is 43.3 Å². The fourth-order valence-corrected chi connectivity index (χ4v) is 2.68. The summed E-state index contributed by atoms with van der Waals surface area (Å²) in [5, 5.41) is 11.8. The minimum Gasteiger partial charge on any atom is -0.478 e. The molecule has 0 saturated carbocycles. The number of anilines is 2. The number of carbonyl (C=O) groups excluding carboxylic acids is 1. The average molecular weight is 344 g/mol. The molecule has 2 aromatic rings. The van der Waals surface area contributed by atoms with E-state index in [1.165, 1.54) is 30.3 Å². The lowest BCUT2D eigenvalue weighted by Gasteiger charge is -2.30. The zero-order valence-electron chi connectivity index (χ0n) is 13.4. The molecule has 1 saturated heterocycles. The Labute approximate surface area is 143 Å². The molecule has 0 unspecified atom stereocenters. The normalized spacial score (nSPS) is 14.2. The van der Waals surface area contributed by atoms with Gasteiger partial charge in [0.05, 0.1) is 35.7 Å². The molecule has 1 fully saturated rings. The first-order valence-corrected chi connectivity index (χ1v) is 7.82. The fourth-order valence-electron chi connectivity index (χ4n) is 2.68. The third-order valence-corrected chi connectivity index (χ3v) is 3.96. The van der Waals surface area contributed by atoms with Gasteiger partial charge in [-0.25, -0.2) is 9.18 Å². The number of amides is 1. The highest BCUT2D eigenvalue weighted by Gasteiger charge is 2.19. The van der Waals surface area contributed by atoms with Gasteiger partial charge in [0.2, 0.25) is 0 Å². The maximum atomic E-state index is 13.8. The molecule has 25 heavy (non-hydrogen) atoms. The number of nitrogens with one attached hydrogen (secondary N) is 1. The Morgan fingerprint density at radius 1 is 1.12 bits per heavy atom. The quantitative estimate of drug-likeness (QED) is 0.891. The lowest BCUT2D eigenvalue weighted by Crippen LogP contribution is -2.36. The van der Waals surface area contributed by atoms with Crippen LogP contribution in [0.25, 0.3) is 0 Å². The number of carboxylic acid groups (broad SMARTS) is 1. The number of benzene rings is 2. The van der Waals surface area contributed by atoms with Gasteiger partial charge < -0.3 is 20.1 Å². The van der Waals surface area contributed by atoms with Crippen LogP contribution >= 0.6 is 0 Å². The molecule has 1 aliphatic rings. The van der Waals surface area contributed by atoms with E-state index in [0.29, 0.717) is 37.7 Å². The van der Waals surface area contributed by atoms with Gasteiger partial charge in [-0.2, -0.15) is 0 Å². The number of nitrogens with zero attached hydrogens (tertiary/aromatic N) is 1. The number of carboxylic acids is 1. The minimum atomic E-state index is -1.10. The van der Waals surface area contributed by atoms with Gasteiger partial charge in [-0.3, -0.25) is 4.79 Å². The summed E-state index contributed by atoms with van der Waals surface area (Å²) in [5.74, 6) is -2.37. The summed E-state index contributed by atoms with van der Waals surface area (Å²) in [5.41, 5.74) is 0.949. The number of halogens is 1. The van der Waals surface area contributed by atoms with E-state index in [-0.39, 0.29) is 11.1 Å². The van der Waals surface area contributed by atoms with E-state index in [1.807, 2.05) is 4.90 Å². The van der Waals surface area contributed by atoms with Crippen LogP contribution in [0.4, 0.5) is 15.8 Å². The molecule has 130 valence electrons. The van der Waals surface area contributed by atoms with Crippen molar-refractivity contribution in [1.29, 1.82) is 0 Å². The molecule has 0 atom stereocenters. The first kappa shape index (κ1) is 16.9. The van der Waals surface area contributed by atoms with Crippen LogP contribution in [0.3, 0.4) is 0 Å².